The van der Waals surface area contributed by atoms with Crippen molar-refractivity contribution in [2.45, 2.75) is 53.4 Å². The second-order valence-electron chi connectivity index (χ2n) is 7.58. The zero-order chi connectivity index (χ0) is 22.6. The topological polar surface area (TPSA) is 57.9 Å². The van der Waals surface area contributed by atoms with Gasteiger partial charge >= 0.3 is 5.63 Å². The molecule has 5 nitrogen and oxygen atoms in total. The number of benzene rings is 1. The summed E-state index contributed by atoms with van der Waals surface area (Å²) in [5.41, 5.74) is 2.39. The van der Waals surface area contributed by atoms with Crippen molar-refractivity contribution in [3.8, 4) is 17.2 Å². The Labute approximate surface area is 185 Å². The van der Waals surface area contributed by atoms with Crippen LogP contribution >= 0.6 is 0 Å². The summed E-state index contributed by atoms with van der Waals surface area (Å²) in [4.78, 5) is 12.6. The molecule has 0 atom stereocenters. The Kier molecular flexibility index (Phi) is 9.95. The van der Waals surface area contributed by atoms with Gasteiger partial charge in [0, 0.05) is 0 Å². The van der Waals surface area contributed by atoms with Crippen LogP contribution in [0.2, 0.25) is 0 Å². The summed E-state index contributed by atoms with van der Waals surface area (Å²) in [6.07, 6.45) is 12.0. The molecule has 0 aliphatic heterocycles. The Morgan fingerprint density at radius 3 is 2.55 bits per heavy atom. The normalized spacial score (nSPS) is 11.7. The summed E-state index contributed by atoms with van der Waals surface area (Å²) in [6.45, 7) is 9.03. The lowest BCUT2D eigenvalue weighted by Gasteiger charge is -2.14. The molecule has 0 aliphatic carbocycles. The van der Waals surface area contributed by atoms with Crippen molar-refractivity contribution in [2.24, 2.45) is 0 Å². The van der Waals surface area contributed by atoms with Gasteiger partial charge in [-0.05, 0) is 64.7 Å². The third-order valence-corrected chi connectivity index (χ3v) is 4.71. The van der Waals surface area contributed by atoms with Gasteiger partial charge in [-0.15, -0.1) is 0 Å². The van der Waals surface area contributed by atoms with Gasteiger partial charge in [0.25, 0.3) is 0 Å². The van der Waals surface area contributed by atoms with Gasteiger partial charge in [-0.1, -0.05) is 42.4 Å². The average Bonchev–Trinajstić information content (AvgIpc) is 2.74. The van der Waals surface area contributed by atoms with E-state index in [2.05, 4.69) is 39.8 Å². The molecule has 0 amide bonds. The molecule has 2 rings (SSSR count). The standard InChI is InChI=1S/C26H34O5/c1-6-7-8-9-17-29-25-24(30-18-16-20(4)13-10-12-19(2)3)23-21(28-5)14-11-15-22(23)31-26(25)27/h7-8,11-12,14-16H,6,9-10,13,17-18H2,1-5H3/b8-7?,20-16+. The van der Waals surface area contributed by atoms with Crippen molar-refractivity contribution in [3.05, 3.63) is 64.1 Å². The first-order chi connectivity index (χ1) is 15.0. The zero-order valence-corrected chi connectivity index (χ0v) is 19.3. The zero-order valence-electron chi connectivity index (χ0n) is 19.3. The number of methoxy groups -OCH3 is 1. The van der Waals surface area contributed by atoms with Gasteiger partial charge in [-0.2, -0.15) is 0 Å². The summed E-state index contributed by atoms with van der Waals surface area (Å²) in [5, 5.41) is 0.597. The van der Waals surface area contributed by atoms with E-state index in [1.807, 2.05) is 18.2 Å². The number of allylic oxidation sites excluding steroid dienone is 4. The predicted octanol–water partition coefficient (Wildman–Crippen LogP) is 6.61. The second kappa shape index (κ2) is 12.7. The third-order valence-electron chi connectivity index (χ3n) is 4.71. The summed E-state index contributed by atoms with van der Waals surface area (Å²) < 4.78 is 22.8. The minimum absolute atomic E-state index is 0.0810. The second-order valence-corrected chi connectivity index (χ2v) is 7.58. The van der Waals surface area contributed by atoms with Crippen LogP contribution in [0.1, 0.15) is 53.4 Å². The van der Waals surface area contributed by atoms with Crippen LogP contribution in [0.5, 0.6) is 17.2 Å². The third kappa shape index (κ3) is 7.35. The lowest BCUT2D eigenvalue weighted by molar-refractivity contribution is 0.275. The van der Waals surface area contributed by atoms with Gasteiger partial charge in [0.05, 0.1) is 13.7 Å². The Bertz CT molecular complexity index is 991. The molecule has 0 saturated heterocycles. The average molecular weight is 427 g/mol. The van der Waals surface area contributed by atoms with Crippen LogP contribution in [-0.4, -0.2) is 20.3 Å². The number of rotatable bonds is 12. The Balaban J connectivity index is 2.31. The molecule has 31 heavy (non-hydrogen) atoms. The molecule has 1 heterocycles. The monoisotopic (exact) mass is 426 g/mol. The van der Waals surface area contributed by atoms with Gasteiger partial charge in [-0.3, -0.25) is 0 Å². The van der Waals surface area contributed by atoms with E-state index in [0.717, 1.165) is 19.3 Å². The number of hydrogen-bond donors (Lipinski definition) is 0. The Morgan fingerprint density at radius 2 is 1.84 bits per heavy atom. The smallest absolute Gasteiger partial charge is 0.383 e. The molecule has 0 unspecified atom stereocenters. The van der Waals surface area contributed by atoms with Crippen molar-refractivity contribution in [1.82, 2.24) is 0 Å². The maximum absolute atomic E-state index is 12.6. The SMILES string of the molecule is CCC=CCCOc1c(OC/C=C(\C)CCC=C(C)C)c2c(OC)cccc2oc1=O. The molecule has 168 valence electrons. The minimum Gasteiger partial charge on any atom is -0.496 e. The molecule has 0 aliphatic rings. The molecule has 0 spiro atoms. The first kappa shape index (κ1) is 24.3. The number of hydrogen-bond acceptors (Lipinski definition) is 5. The maximum atomic E-state index is 12.6. The van der Waals surface area contributed by atoms with E-state index < -0.39 is 5.63 Å². The highest BCUT2D eigenvalue weighted by atomic mass is 16.5. The first-order valence-electron chi connectivity index (χ1n) is 10.8. The van der Waals surface area contributed by atoms with Crippen LogP contribution in [0.4, 0.5) is 0 Å². The van der Waals surface area contributed by atoms with E-state index in [9.17, 15) is 4.79 Å². The highest BCUT2D eigenvalue weighted by Crippen LogP contribution is 2.38. The molecule has 1 aromatic carbocycles. The molecule has 0 bridgehead atoms. The summed E-state index contributed by atoms with van der Waals surface area (Å²) in [7, 11) is 1.58. The fourth-order valence-electron chi connectivity index (χ4n) is 3.08. The van der Waals surface area contributed by atoms with Gasteiger partial charge in [0.15, 0.2) is 5.75 Å². The highest BCUT2D eigenvalue weighted by molar-refractivity contribution is 5.91. The maximum Gasteiger partial charge on any atom is 0.383 e. The largest absolute Gasteiger partial charge is 0.496 e. The first-order valence-corrected chi connectivity index (χ1v) is 10.8. The van der Waals surface area contributed by atoms with Crippen molar-refractivity contribution in [3.63, 3.8) is 0 Å². The van der Waals surface area contributed by atoms with Crippen LogP contribution in [0.15, 0.2) is 62.9 Å². The van der Waals surface area contributed by atoms with E-state index in [4.69, 9.17) is 18.6 Å². The quantitative estimate of drug-likeness (QED) is 0.217. The van der Waals surface area contributed by atoms with E-state index in [1.165, 1.54) is 11.1 Å². The van der Waals surface area contributed by atoms with Gasteiger partial charge in [0.2, 0.25) is 5.75 Å². The lowest BCUT2D eigenvalue weighted by atomic mass is 10.1. The van der Waals surface area contributed by atoms with Gasteiger partial charge < -0.3 is 18.6 Å². The number of fused-ring (bicyclic) bond motifs is 1. The van der Waals surface area contributed by atoms with E-state index >= 15 is 0 Å². The van der Waals surface area contributed by atoms with Crippen LogP contribution < -0.4 is 19.8 Å². The van der Waals surface area contributed by atoms with Crippen LogP contribution in [0, 0.1) is 0 Å². The Hall–Kier alpha value is -2.95. The fraction of sp³-hybridized carbons (Fsp3) is 0.423. The van der Waals surface area contributed by atoms with E-state index in [1.54, 1.807) is 19.2 Å². The van der Waals surface area contributed by atoms with E-state index in [-0.39, 0.29) is 5.75 Å². The molecule has 5 heteroatoms. The van der Waals surface area contributed by atoms with Crippen LogP contribution in [0.25, 0.3) is 11.0 Å². The molecule has 2 aromatic rings. The summed E-state index contributed by atoms with van der Waals surface area (Å²) in [5.74, 6) is 1.00. The van der Waals surface area contributed by atoms with Gasteiger partial charge in [0.1, 0.15) is 23.3 Å². The molecule has 1 aromatic heterocycles. The number of ether oxygens (including phenoxy) is 3. The van der Waals surface area contributed by atoms with E-state index in [0.29, 0.717) is 42.1 Å². The summed E-state index contributed by atoms with van der Waals surface area (Å²) >= 11 is 0. The van der Waals surface area contributed by atoms with Crippen LogP contribution in [-0.2, 0) is 0 Å². The van der Waals surface area contributed by atoms with Crippen molar-refractivity contribution < 1.29 is 18.6 Å². The van der Waals surface area contributed by atoms with Crippen molar-refractivity contribution in [1.29, 1.82) is 0 Å². The molecular weight excluding hydrogens is 392 g/mol. The Morgan fingerprint density at radius 1 is 1.03 bits per heavy atom. The van der Waals surface area contributed by atoms with Crippen LogP contribution in [0.3, 0.4) is 0 Å². The van der Waals surface area contributed by atoms with Gasteiger partial charge in [-0.25, -0.2) is 4.79 Å². The van der Waals surface area contributed by atoms with Crippen molar-refractivity contribution in [2.75, 3.05) is 20.3 Å². The highest BCUT2D eigenvalue weighted by Gasteiger charge is 2.20. The predicted molar refractivity (Wildman–Crippen MR) is 126 cm³/mol. The molecule has 0 N–H and O–H groups in total. The fourth-order valence-corrected chi connectivity index (χ4v) is 3.08. The molecule has 0 saturated carbocycles. The molecular formula is C26H34O5. The summed E-state index contributed by atoms with van der Waals surface area (Å²) in [6, 6.07) is 5.31. The molecule has 0 fully saturated rings. The molecule has 0 radical (unpaired) electrons. The van der Waals surface area contributed by atoms with Crippen molar-refractivity contribution >= 4 is 11.0 Å². The minimum atomic E-state index is -0.556. The lowest BCUT2D eigenvalue weighted by Crippen LogP contribution is -2.11.